The second-order valence-electron chi connectivity index (χ2n) is 6.23. The lowest BCUT2D eigenvalue weighted by molar-refractivity contribution is 0.0736. The second-order valence-corrected chi connectivity index (χ2v) is 6.23. The second kappa shape index (κ2) is 7.30. The standard InChI is InChI=1S/C20H22N4O/c1-14(13-17-11-7-8-12-21-17)24(3)20(25)19-15(2)18(22-23-19)16-9-5-4-6-10-16/h4-12,14H,13H2,1-3H3,(H,22,23). The molecule has 0 spiro atoms. The van der Waals surface area contributed by atoms with E-state index in [0.29, 0.717) is 12.1 Å². The van der Waals surface area contributed by atoms with Crippen molar-refractivity contribution in [3.63, 3.8) is 0 Å². The minimum absolute atomic E-state index is 0.0327. The number of nitrogens with zero attached hydrogens (tertiary/aromatic N) is 3. The van der Waals surface area contributed by atoms with Gasteiger partial charge in [-0.05, 0) is 26.0 Å². The topological polar surface area (TPSA) is 61.9 Å². The van der Waals surface area contributed by atoms with Crippen LogP contribution < -0.4 is 0 Å². The number of likely N-dealkylation sites (N-methyl/N-ethyl adjacent to an activating group) is 1. The molecule has 2 heterocycles. The molecule has 1 atom stereocenters. The molecule has 2 aromatic heterocycles. The Labute approximate surface area is 147 Å². The third-order valence-electron chi connectivity index (χ3n) is 4.48. The van der Waals surface area contributed by atoms with E-state index in [9.17, 15) is 4.79 Å². The Kier molecular flexibility index (Phi) is 4.93. The number of aromatic nitrogens is 3. The highest BCUT2D eigenvalue weighted by molar-refractivity contribution is 5.95. The zero-order chi connectivity index (χ0) is 17.8. The summed E-state index contributed by atoms with van der Waals surface area (Å²) >= 11 is 0. The molecule has 1 unspecified atom stereocenters. The van der Waals surface area contributed by atoms with Gasteiger partial charge < -0.3 is 4.90 Å². The van der Waals surface area contributed by atoms with Gasteiger partial charge in [0.25, 0.3) is 5.91 Å². The van der Waals surface area contributed by atoms with Crippen molar-refractivity contribution in [2.75, 3.05) is 7.05 Å². The van der Waals surface area contributed by atoms with E-state index in [4.69, 9.17) is 0 Å². The number of carbonyl (C=O) groups is 1. The van der Waals surface area contributed by atoms with Crippen molar-refractivity contribution in [2.45, 2.75) is 26.3 Å². The highest BCUT2D eigenvalue weighted by Crippen LogP contribution is 2.23. The van der Waals surface area contributed by atoms with Gasteiger partial charge in [0.05, 0.1) is 5.69 Å². The molecular weight excluding hydrogens is 312 g/mol. The largest absolute Gasteiger partial charge is 0.337 e. The molecule has 1 aromatic carbocycles. The van der Waals surface area contributed by atoms with Gasteiger partial charge in [0.2, 0.25) is 0 Å². The van der Waals surface area contributed by atoms with Crippen molar-refractivity contribution >= 4 is 5.91 Å². The van der Waals surface area contributed by atoms with Crippen molar-refractivity contribution in [1.29, 1.82) is 0 Å². The molecule has 25 heavy (non-hydrogen) atoms. The normalized spacial score (nSPS) is 12.0. The molecule has 1 amide bonds. The van der Waals surface area contributed by atoms with Crippen LogP contribution in [0.4, 0.5) is 0 Å². The maximum absolute atomic E-state index is 12.9. The summed E-state index contributed by atoms with van der Waals surface area (Å²) in [4.78, 5) is 19.0. The number of H-pyrrole nitrogens is 1. The first-order chi connectivity index (χ1) is 12.1. The zero-order valence-corrected chi connectivity index (χ0v) is 14.7. The monoisotopic (exact) mass is 334 g/mol. The summed E-state index contributed by atoms with van der Waals surface area (Å²) in [6, 6.07) is 15.7. The van der Waals surface area contributed by atoms with E-state index in [1.165, 1.54) is 0 Å². The van der Waals surface area contributed by atoms with Gasteiger partial charge in [-0.3, -0.25) is 14.9 Å². The minimum atomic E-state index is -0.0596. The third-order valence-corrected chi connectivity index (χ3v) is 4.48. The highest BCUT2D eigenvalue weighted by Gasteiger charge is 2.23. The Morgan fingerprint density at radius 1 is 1.16 bits per heavy atom. The SMILES string of the molecule is Cc1c(-c2ccccc2)n[nH]c1C(=O)N(C)C(C)Cc1ccccn1. The summed E-state index contributed by atoms with van der Waals surface area (Å²) in [5, 5.41) is 7.26. The molecule has 0 radical (unpaired) electrons. The summed E-state index contributed by atoms with van der Waals surface area (Å²) in [5.41, 5.74) is 4.19. The fourth-order valence-electron chi connectivity index (χ4n) is 2.82. The van der Waals surface area contributed by atoms with E-state index in [-0.39, 0.29) is 11.9 Å². The number of hydrogen-bond acceptors (Lipinski definition) is 3. The van der Waals surface area contributed by atoms with Gasteiger partial charge >= 0.3 is 0 Å². The zero-order valence-electron chi connectivity index (χ0n) is 14.7. The molecule has 0 aliphatic heterocycles. The first kappa shape index (κ1) is 16.9. The molecule has 5 nitrogen and oxygen atoms in total. The lowest BCUT2D eigenvalue weighted by Crippen LogP contribution is -2.37. The van der Waals surface area contributed by atoms with Crippen LogP contribution in [0.1, 0.15) is 28.7 Å². The van der Waals surface area contributed by atoms with E-state index in [1.807, 2.05) is 69.4 Å². The molecule has 0 bridgehead atoms. The summed E-state index contributed by atoms with van der Waals surface area (Å²) in [7, 11) is 1.82. The number of amides is 1. The minimum Gasteiger partial charge on any atom is -0.337 e. The van der Waals surface area contributed by atoms with Gasteiger partial charge in [-0.2, -0.15) is 5.10 Å². The van der Waals surface area contributed by atoms with Crippen LogP contribution in [0.3, 0.4) is 0 Å². The van der Waals surface area contributed by atoms with Crippen LogP contribution >= 0.6 is 0 Å². The fraction of sp³-hybridized carbons (Fsp3) is 0.250. The summed E-state index contributed by atoms with van der Waals surface area (Å²) in [5.74, 6) is -0.0596. The average molecular weight is 334 g/mol. The maximum Gasteiger partial charge on any atom is 0.272 e. The fourth-order valence-corrected chi connectivity index (χ4v) is 2.82. The van der Waals surface area contributed by atoms with E-state index in [0.717, 1.165) is 22.5 Å². The predicted molar refractivity (Wildman–Crippen MR) is 98.3 cm³/mol. The maximum atomic E-state index is 12.9. The first-order valence-electron chi connectivity index (χ1n) is 8.35. The molecule has 0 fully saturated rings. The number of rotatable bonds is 5. The van der Waals surface area contributed by atoms with Crippen LogP contribution in [0.25, 0.3) is 11.3 Å². The summed E-state index contributed by atoms with van der Waals surface area (Å²) in [6.07, 6.45) is 2.48. The van der Waals surface area contributed by atoms with Crippen LogP contribution in [0, 0.1) is 6.92 Å². The smallest absolute Gasteiger partial charge is 0.272 e. The number of benzene rings is 1. The Morgan fingerprint density at radius 3 is 2.56 bits per heavy atom. The van der Waals surface area contributed by atoms with E-state index < -0.39 is 0 Å². The average Bonchev–Trinajstić information content (AvgIpc) is 3.03. The van der Waals surface area contributed by atoms with Crippen LogP contribution in [-0.2, 0) is 6.42 Å². The van der Waals surface area contributed by atoms with Crippen molar-refractivity contribution in [3.8, 4) is 11.3 Å². The number of aromatic amines is 1. The molecular formula is C20H22N4O. The molecule has 3 rings (SSSR count). The predicted octanol–water partition coefficient (Wildman–Crippen LogP) is 3.48. The quantitative estimate of drug-likeness (QED) is 0.777. The molecule has 0 saturated carbocycles. The molecule has 3 aromatic rings. The van der Waals surface area contributed by atoms with E-state index >= 15 is 0 Å². The third kappa shape index (κ3) is 3.60. The van der Waals surface area contributed by atoms with Crippen molar-refractivity contribution < 1.29 is 4.79 Å². The Bertz CT molecular complexity index is 843. The molecule has 5 heteroatoms. The Hall–Kier alpha value is -2.95. The Morgan fingerprint density at radius 2 is 1.88 bits per heavy atom. The van der Waals surface area contributed by atoms with Gasteiger partial charge in [-0.15, -0.1) is 0 Å². The molecule has 128 valence electrons. The number of nitrogens with one attached hydrogen (secondary N) is 1. The van der Waals surface area contributed by atoms with Gasteiger partial charge in [-0.1, -0.05) is 36.4 Å². The summed E-state index contributed by atoms with van der Waals surface area (Å²) < 4.78 is 0. The molecule has 0 saturated heterocycles. The molecule has 1 N–H and O–H groups in total. The molecule has 0 aliphatic carbocycles. The van der Waals surface area contributed by atoms with Crippen molar-refractivity contribution in [2.24, 2.45) is 0 Å². The van der Waals surface area contributed by atoms with Gasteiger partial charge in [0.1, 0.15) is 5.69 Å². The van der Waals surface area contributed by atoms with E-state index in [2.05, 4.69) is 15.2 Å². The first-order valence-corrected chi connectivity index (χ1v) is 8.35. The van der Waals surface area contributed by atoms with Crippen LogP contribution in [0.5, 0.6) is 0 Å². The van der Waals surface area contributed by atoms with Gasteiger partial charge in [0.15, 0.2) is 0 Å². The number of pyridine rings is 1. The molecule has 0 aliphatic rings. The lowest BCUT2D eigenvalue weighted by Gasteiger charge is -2.24. The van der Waals surface area contributed by atoms with Crippen molar-refractivity contribution in [1.82, 2.24) is 20.1 Å². The van der Waals surface area contributed by atoms with Gasteiger partial charge in [-0.25, -0.2) is 0 Å². The van der Waals surface area contributed by atoms with Crippen LogP contribution in [0.2, 0.25) is 0 Å². The number of hydrogen-bond donors (Lipinski definition) is 1. The number of carbonyl (C=O) groups excluding carboxylic acids is 1. The van der Waals surface area contributed by atoms with E-state index in [1.54, 1.807) is 11.1 Å². The van der Waals surface area contributed by atoms with Crippen LogP contribution in [-0.4, -0.2) is 39.1 Å². The Balaban J connectivity index is 1.78. The van der Waals surface area contributed by atoms with Gasteiger partial charge in [0, 0.05) is 42.5 Å². The van der Waals surface area contributed by atoms with Crippen LogP contribution in [0.15, 0.2) is 54.7 Å². The highest BCUT2D eigenvalue weighted by atomic mass is 16.2. The lowest BCUT2D eigenvalue weighted by atomic mass is 10.1. The van der Waals surface area contributed by atoms with Crippen molar-refractivity contribution in [3.05, 3.63) is 71.7 Å². The summed E-state index contributed by atoms with van der Waals surface area (Å²) in [6.45, 7) is 3.95.